The molecule has 6 fully saturated rings. The van der Waals surface area contributed by atoms with E-state index in [4.69, 9.17) is 113 Å². The summed E-state index contributed by atoms with van der Waals surface area (Å²) in [5.41, 5.74) is 9.02. The number of carbonyl (C=O) groups excluding carboxylic acids is 2. The summed E-state index contributed by atoms with van der Waals surface area (Å²) in [5.74, 6) is -0.271. The van der Waals surface area contributed by atoms with Crippen LogP contribution in [0.3, 0.4) is 0 Å². The number of phosphoric ester groups is 2. The van der Waals surface area contributed by atoms with Gasteiger partial charge in [0, 0.05) is 32.9 Å². The predicted octanol–water partition coefficient (Wildman–Crippen LogP) is 7.01. The van der Waals surface area contributed by atoms with Crippen LogP contribution in [0.2, 0.25) is 20.1 Å². The van der Waals surface area contributed by atoms with E-state index in [-0.39, 0.29) is 60.7 Å². The molecule has 6 aliphatic heterocycles. The number of benzene rings is 2. The van der Waals surface area contributed by atoms with Gasteiger partial charge >= 0.3 is 28.0 Å². The second-order valence-corrected chi connectivity index (χ2v) is 23.1. The summed E-state index contributed by atoms with van der Waals surface area (Å²) < 4.78 is 96.7. The predicted molar refractivity (Wildman–Crippen MR) is 261 cm³/mol. The number of aromatic amines is 2. The Hall–Kier alpha value is -5.42. The van der Waals surface area contributed by atoms with Crippen molar-refractivity contribution in [2.75, 3.05) is 37.9 Å². The van der Waals surface area contributed by atoms with Gasteiger partial charge in [-0.3, -0.25) is 55.8 Å². The number of fused-ring (bicyclic) bond motifs is 4. The van der Waals surface area contributed by atoms with Crippen molar-refractivity contribution in [3.8, 4) is 0 Å². The average Bonchev–Trinajstić information content (AvgIpc) is 4.25. The van der Waals surface area contributed by atoms with Gasteiger partial charge in [0.15, 0.2) is 58.2 Å². The van der Waals surface area contributed by atoms with Gasteiger partial charge < -0.3 is 39.9 Å². The molecule has 0 aliphatic carbocycles. The summed E-state index contributed by atoms with van der Waals surface area (Å²) in [7, 11) is -8.13. The van der Waals surface area contributed by atoms with Crippen molar-refractivity contribution in [2.45, 2.75) is 87.0 Å². The maximum atomic E-state index is 13.3. The van der Waals surface area contributed by atoms with Crippen LogP contribution < -0.4 is 22.6 Å². The minimum absolute atomic E-state index is 0.00787. The Morgan fingerprint density at radius 1 is 0.645 bits per heavy atom. The van der Waals surface area contributed by atoms with Gasteiger partial charge in [0.25, 0.3) is 11.1 Å². The number of aromatic nitrogens is 8. The number of ether oxygens (including phenoxy) is 6. The summed E-state index contributed by atoms with van der Waals surface area (Å²) in [5, 5.41) is 1.60. The number of rotatable bonds is 10. The molecule has 0 amide bonds. The fraction of sp³-hybridized carbons (Fsp3) is 0.429. The molecule has 404 valence electrons. The SMILES string of the molecule is C[C@@]12OC(=O)O[C@@H]1[C@@H](CO[P@@]1(=O)OCC[C@@H](c3cc(Cl)cc(Cl)c3)O1)O[C@H]2n1cnc2c(=O)[nH]c(N)nc21.C[C@@]12OC(=O)O[C@@H]1[C@@H](CO[P@]1(=O)OCC[C@H](c3cc(Cl)cc(Cl)c3)O1)O[C@H]2n1cnc2c(=O)[nH]c(N)nc21. The summed E-state index contributed by atoms with van der Waals surface area (Å²) >= 11 is 24.4. The number of nitrogen functional groups attached to an aromatic ring is 2. The van der Waals surface area contributed by atoms with Crippen molar-refractivity contribution < 1.29 is 74.3 Å². The molecule has 0 radical (unpaired) electrons. The normalized spacial score (nSPS) is 32.8. The van der Waals surface area contributed by atoms with E-state index in [0.717, 1.165) is 0 Å². The number of anilines is 2. The number of nitrogens with one attached hydrogen (secondary N) is 2. The van der Waals surface area contributed by atoms with E-state index in [1.54, 1.807) is 50.2 Å². The fourth-order valence-electron chi connectivity index (χ4n) is 9.61. The highest BCUT2D eigenvalue weighted by atomic mass is 35.5. The minimum Gasteiger partial charge on any atom is -0.424 e. The number of imidazole rings is 2. The smallest absolute Gasteiger partial charge is 0.424 e. The van der Waals surface area contributed by atoms with Crippen LogP contribution in [0.4, 0.5) is 21.5 Å². The van der Waals surface area contributed by atoms with E-state index >= 15 is 0 Å². The molecule has 0 saturated carbocycles. The lowest BCUT2D eigenvalue weighted by atomic mass is 9.96. The van der Waals surface area contributed by atoms with E-state index in [1.807, 2.05) is 0 Å². The van der Waals surface area contributed by atoms with Gasteiger partial charge in [0.1, 0.15) is 12.2 Å². The molecule has 76 heavy (non-hydrogen) atoms. The molecule has 34 heteroatoms. The highest BCUT2D eigenvalue weighted by Crippen LogP contribution is 2.60. The number of carbonyl (C=O) groups is 2. The number of H-pyrrole nitrogens is 2. The van der Waals surface area contributed by atoms with Crippen LogP contribution in [0.5, 0.6) is 0 Å². The largest absolute Gasteiger partial charge is 0.509 e. The lowest BCUT2D eigenvalue weighted by molar-refractivity contribution is -0.0927. The lowest BCUT2D eigenvalue weighted by Crippen LogP contribution is -2.42. The van der Waals surface area contributed by atoms with Gasteiger partial charge in [-0.1, -0.05) is 46.4 Å². The van der Waals surface area contributed by atoms with E-state index in [9.17, 15) is 28.3 Å². The van der Waals surface area contributed by atoms with Crippen LogP contribution in [-0.2, 0) is 64.7 Å². The summed E-state index contributed by atoms with van der Waals surface area (Å²) in [6.07, 6.45) is -5.71. The second-order valence-electron chi connectivity index (χ2n) is 18.1. The van der Waals surface area contributed by atoms with Crippen molar-refractivity contribution in [1.29, 1.82) is 0 Å². The van der Waals surface area contributed by atoms with Crippen molar-refractivity contribution >= 4 is 109 Å². The van der Waals surface area contributed by atoms with Crippen LogP contribution in [0, 0.1) is 0 Å². The molecule has 6 aliphatic rings. The minimum atomic E-state index is -4.06. The van der Waals surface area contributed by atoms with Crippen LogP contribution in [0.1, 0.15) is 62.5 Å². The molecule has 12 atom stereocenters. The number of phosphoric acid groups is 2. The van der Waals surface area contributed by atoms with Gasteiger partial charge in [-0.15, -0.1) is 0 Å². The molecule has 6 N–H and O–H groups in total. The van der Waals surface area contributed by atoms with Crippen LogP contribution in [0.25, 0.3) is 22.3 Å². The summed E-state index contributed by atoms with van der Waals surface area (Å²) in [6, 6.07) is 9.75. The number of hydrogen-bond donors (Lipinski definition) is 4. The molecule has 6 aromatic rings. The molecule has 6 saturated heterocycles. The molecule has 0 bridgehead atoms. The highest BCUT2D eigenvalue weighted by molar-refractivity contribution is 7.48. The maximum Gasteiger partial charge on any atom is 0.509 e. The first-order valence-electron chi connectivity index (χ1n) is 22.7. The maximum absolute atomic E-state index is 13.3. The molecule has 0 spiro atoms. The van der Waals surface area contributed by atoms with Crippen molar-refractivity contribution in [1.82, 2.24) is 39.0 Å². The number of hydrogen-bond acceptors (Lipinski definition) is 24. The van der Waals surface area contributed by atoms with Gasteiger partial charge in [-0.05, 0) is 61.4 Å². The van der Waals surface area contributed by atoms with E-state index < -0.39 is 99.4 Å². The van der Waals surface area contributed by atoms with Crippen LogP contribution in [0.15, 0.2) is 58.6 Å². The second kappa shape index (κ2) is 19.8. The van der Waals surface area contributed by atoms with Crippen molar-refractivity contribution in [2.24, 2.45) is 0 Å². The van der Waals surface area contributed by atoms with Crippen molar-refractivity contribution in [3.05, 3.63) is 101 Å². The zero-order chi connectivity index (χ0) is 53.6. The molecular formula is C42H40Cl4N10O18P2. The highest BCUT2D eigenvalue weighted by Gasteiger charge is 2.66. The quantitative estimate of drug-likeness (QED) is 0.0791. The Kier molecular flexibility index (Phi) is 13.7. The number of nitrogens with zero attached hydrogens (tertiary/aromatic N) is 6. The first kappa shape index (κ1) is 52.6. The molecule has 4 aromatic heterocycles. The first-order valence-corrected chi connectivity index (χ1v) is 27.1. The van der Waals surface area contributed by atoms with E-state index in [0.29, 0.717) is 44.1 Å². The number of halogens is 4. The van der Waals surface area contributed by atoms with Crippen molar-refractivity contribution in [3.63, 3.8) is 0 Å². The molecule has 10 heterocycles. The average molecular weight is 1180 g/mol. The Morgan fingerprint density at radius 3 is 1.41 bits per heavy atom. The van der Waals surface area contributed by atoms with E-state index in [2.05, 4.69) is 29.9 Å². The zero-order valence-electron chi connectivity index (χ0n) is 39.1. The summed E-state index contributed by atoms with van der Waals surface area (Å²) in [6.45, 7) is 2.64. The third kappa shape index (κ3) is 9.82. The van der Waals surface area contributed by atoms with Gasteiger partial charge in [-0.2, -0.15) is 9.97 Å². The monoisotopic (exact) mass is 1170 g/mol. The van der Waals surface area contributed by atoms with Gasteiger partial charge in [0.2, 0.25) is 11.9 Å². The third-order valence-electron chi connectivity index (χ3n) is 12.9. The number of nitrogens with two attached hydrogens (primary N) is 2. The fourth-order valence-corrected chi connectivity index (χ4v) is 13.5. The molecule has 0 unspecified atom stereocenters. The van der Waals surface area contributed by atoms with E-state index in [1.165, 1.54) is 21.8 Å². The van der Waals surface area contributed by atoms with Gasteiger partial charge in [-0.25, -0.2) is 28.7 Å². The Bertz CT molecular complexity index is 3280. The van der Waals surface area contributed by atoms with Crippen LogP contribution >= 0.6 is 62.0 Å². The topological polar surface area (TPSA) is 358 Å². The molecular weight excluding hydrogens is 1140 g/mol. The Labute approximate surface area is 445 Å². The molecule has 2 aromatic carbocycles. The standard InChI is InChI=1S/2C21H20Cl2N5O9P/c2*1-21-15(35-20(30)36-21)13(34-18(21)28-8-25-14-16(28)26-19(24)27-17(14)29)7-33-38(31)32-3-2-12(37-38)9-4-10(22)6-11(23)5-9/h2*4-6,8,12-13,15,18H,2-3,7H2,1H3,(H3,24,26,27,29)/t12-,13+,15+,18+,21+,38+;12-,13-,15-,18-,21-,38+/m01/s1. The third-order valence-corrected chi connectivity index (χ3v) is 16.8. The molecule has 28 nitrogen and oxygen atoms in total. The Morgan fingerprint density at radius 2 is 1.03 bits per heavy atom. The zero-order valence-corrected chi connectivity index (χ0v) is 43.9. The Balaban J connectivity index is 0.000000162. The van der Waals surface area contributed by atoms with Gasteiger partial charge in [0.05, 0.1) is 51.3 Å². The first-order chi connectivity index (χ1) is 36.1. The van der Waals surface area contributed by atoms with Crippen LogP contribution in [-0.4, -0.2) is 113 Å². The summed E-state index contributed by atoms with van der Waals surface area (Å²) in [4.78, 5) is 69.9. The lowest BCUT2D eigenvalue weighted by Gasteiger charge is -2.30. The molecule has 12 rings (SSSR count).